The van der Waals surface area contributed by atoms with E-state index in [2.05, 4.69) is 14.9 Å². The smallest absolute Gasteiger partial charge is 0.135 e. The summed E-state index contributed by atoms with van der Waals surface area (Å²) in [6.45, 7) is 6.12. The zero-order valence-electron chi connectivity index (χ0n) is 12.5. The van der Waals surface area contributed by atoms with Crippen LogP contribution in [0.3, 0.4) is 0 Å². The first-order valence-electron chi connectivity index (χ1n) is 7.16. The van der Waals surface area contributed by atoms with Crippen LogP contribution in [0.15, 0.2) is 24.4 Å². The fourth-order valence-electron chi connectivity index (χ4n) is 2.59. The lowest BCUT2D eigenvalue weighted by molar-refractivity contribution is 0.0395. The minimum Gasteiger partial charge on any atom is -0.370 e. The molecule has 0 amide bonds. The number of hydrogen-bond acceptors (Lipinski definition) is 4. The van der Waals surface area contributed by atoms with Crippen LogP contribution < -0.4 is 4.90 Å². The molecule has 0 aliphatic carbocycles. The Labute approximate surface area is 140 Å². The highest BCUT2D eigenvalue weighted by atomic mass is 35.5. The SMILES string of the molecule is Cc1ncc(C)c(N2CCO[C@@H](c3ccc(Cl)c(Cl)c3)C2)n1. The van der Waals surface area contributed by atoms with Gasteiger partial charge in [-0.25, -0.2) is 9.97 Å². The summed E-state index contributed by atoms with van der Waals surface area (Å²) in [5.41, 5.74) is 2.10. The number of aryl methyl sites for hydroxylation is 2. The van der Waals surface area contributed by atoms with Gasteiger partial charge in [-0.15, -0.1) is 0 Å². The van der Waals surface area contributed by atoms with E-state index in [4.69, 9.17) is 27.9 Å². The first kappa shape index (κ1) is 15.5. The molecule has 1 aliphatic rings. The molecule has 1 fully saturated rings. The second-order valence-electron chi connectivity index (χ2n) is 5.40. The average molecular weight is 338 g/mol. The molecule has 1 aliphatic heterocycles. The second kappa shape index (κ2) is 6.41. The van der Waals surface area contributed by atoms with Gasteiger partial charge >= 0.3 is 0 Å². The van der Waals surface area contributed by atoms with Crippen molar-refractivity contribution in [2.45, 2.75) is 20.0 Å². The van der Waals surface area contributed by atoms with Gasteiger partial charge in [0.05, 0.1) is 16.7 Å². The van der Waals surface area contributed by atoms with Crippen molar-refractivity contribution < 1.29 is 4.74 Å². The van der Waals surface area contributed by atoms with Crippen molar-refractivity contribution in [1.29, 1.82) is 0 Å². The maximum atomic E-state index is 6.11. The standard InChI is InChI=1S/C16H17Cl2N3O/c1-10-8-19-11(2)20-16(10)21-5-6-22-15(9-21)12-3-4-13(17)14(18)7-12/h3-4,7-8,15H,5-6,9H2,1-2H3/t15-/m1/s1. The van der Waals surface area contributed by atoms with Crippen LogP contribution in [0.25, 0.3) is 0 Å². The number of rotatable bonds is 2. The average Bonchev–Trinajstić information content (AvgIpc) is 2.52. The van der Waals surface area contributed by atoms with Crippen molar-refractivity contribution in [1.82, 2.24) is 9.97 Å². The highest BCUT2D eigenvalue weighted by molar-refractivity contribution is 6.42. The normalized spacial score (nSPS) is 18.5. The maximum absolute atomic E-state index is 6.11. The van der Waals surface area contributed by atoms with Crippen molar-refractivity contribution in [3.8, 4) is 0 Å². The van der Waals surface area contributed by atoms with Gasteiger partial charge in [0.25, 0.3) is 0 Å². The van der Waals surface area contributed by atoms with Gasteiger partial charge in [-0.05, 0) is 31.5 Å². The zero-order chi connectivity index (χ0) is 15.7. The Morgan fingerprint density at radius 1 is 1.23 bits per heavy atom. The molecule has 0 bridgehead atoms. The van der Waals surface area contributed by atoms with E-state index >= 15 is 0 Å². The molecule has 0 N–H and O–H groups in total. The monoisotopic (exact) mass is 337 g/mol. The molecule has 0 spiro atoms. The fourth-order valence-corrected chi connectivity index (χ4v) is 2.90. The maximum Gasteiger partial charge on any atom is 0.135 e. The van der Waals surface area contributed by atoms with Crippen molar-refractivity contribution in [2.24, 2.45) is 0 Å². The minimum atomic E-state index is -0.0433. The number of benzene rings is 1. The number of anilines is 1. The summed E-state index contributed by atoms with van der Waals surface area (Å²) >= 11 is 12.1. The van der Waals surface area contributed by atoms with Crippen LogP contribution in [0.1, 0.15) is 23.1 Å². The lowest BCUT2D eigenvalue weighted by Gasteiger charge is -2.34. The second-order valence-corrected chi connectivity index (χ2v) is 6.22. The van der Waals surface area contributed by atoms with Crippen LogP contribution in [0.2, 0.25) is 10.0 Å². The summed E-state index contributed by atoms with van der Waals surface area (Å²) in [6, 6.07) is 5.64. The quantitative estimate of drug-likeness (QED) is 0.830. The zero-order valence-corrected chi connectivity index (χ0v) is 14.0. The number of nitrogens with zero attached hydrogens (tertiary/aromatic N) is 3. The van der Waals surface area contributed by atoms with Crippen molar-refractivity contribution in [2.75, 3.05) is 24.6 Å². The van der Waals surface area contributed by atoms with Crippen LogP contribution in [0.5, 0.6) is 0 Å². The minimum absolute atomic E-state index is 0.0433. The van der Waals surface area contributed by atoms with E-state index in [-0.39, 0.29) is 6.10 Å². The van der Waals surface area contributed by atoms with Gasteiger partial charge in [-0.3, -0.25) is 0 Å². The number of ether oxygens (including phenoxy) is 1. The molecule has 1 aromatic carbocycles. The Hall–Kier alpha value is -1.36. The van der Waals surface area contributed by atoms with Gasteiger partial charge < -0.3 is 9.64 Å². The van der Waals surface area contributed by atoms with E-state index in [0.29, 0.717) is 16.7 Å². The summed E-state index contributed by atoms with van der Waals surface area (Å²) < 4.78 is 5.89. The van der Waals surface area contributed by atoms with Crippen molar-refractivity contribution in [3.05, 3.63) is 51.4 Å². The summed E-state index contributed by atoms with van der Waals surface area (Å²) in [7, 11) is 0. The van der Waals surface area contributed by atoms with Gasteiger partial charge in [-0.1, -0.05) is 29.3 Å². The third-order valence-electron chi connectivity index (χ3n) is 3.75. The summed E-state index contributed by atoms with van der Waals surface area (Å²) in [5, 5.41) is 1.11. The van der Waals surface area contributed by atoms with Crippen LogP contribution in [-0.4, -0.2) is 29.7 Å². The highest BCUT2D eigenvalue weighted by Gasteiger charge is 2.24. The lowest BCUT2D eigenvalue weighted by Crippen LogP contribution is -2.39. The number of morpholine rings is 1. The summed E-state index contributed by atoms with van der Waals surface area (Å²) in [6.07, 6.45) is 1.82. The van der Waals surface area contributed by atoms with Gasteiger partial charge in [0, 0.05) is 24.8 Å². The van der Waals surface area contributed by atoms with Crippen LogP contribution >= 0.6 is 23.2 Å². The highest BCUT2D eigenvalue weighted by Crippen LogP contribution is 2.30. The molecule has 0 radical (unpaired) electrons. The predicted octanol–water partition coefficient (Wildman–Crippen LogP) is 3.98. The van der Waals surface area contributed by atoms with E-state index in [9.17, 15) is 0 Å². The molecular formula is C16H17Cl2N3O. The largest absolute Gasteiger partial charge is 0.370 e. The molecule has 0 saturated carbocycles. The fraction of sp³-hybridized carbons (Fsp3) is 0.375. The lowest BCUT2D eigenvalue weighted by atomic mass is 10.1. The molecule has 2 heterocycles. The van der Waals surface area contributed by atoms with Gasteiger partial charge in [0.15, 0.2) is 0 Å². The van der Waals surface area contributed by atoms with Crippen LogP contribution in [0.4, 0.5) is 5.82 Å². The molecule has 4 nitrogen and oxygen atoms in total. The van der Waals surface area contributed by atoms with Gasteiger partial charge in [0.1, 0.15) is 17.7 Å². The number of halogens is 2. The molecule has 22 heavy (non-hydrogen) atoms. The summed E-state index contributed by atoms with van der Waals surface area (Å²) in [4.78, 5) is 11.0. The van der Waals surface area contributed by atoms with E-state index in [1.165, 1.54) is 0 Å². The first-order valence-corrected chi connectivity index (χ1v) is 7.92. The Balaban J connectivity index is 1.84. The van der Waals surface area contributed by atoms with Crippen molar-refractivity contribution in [3.63, 3.8) is 0 Å². The van der Waals surface area contributed by atoms with E-state index in [0.717, 1.165) is 35.9 Å². The molecule has 1 atom stereocenters. The Morgan fingerprint density at radius 3 is 2.82 bits per heavy atom. The van der Waals surface area contributed by atoms with Crippen molar-refractivity contribution >= 4 is 29.0 Å². The Kier molecular flexibility index (Phi) is 4.52. The molecule has 2 aromatic rings. The Morgan fingerprint density at radius 2 is 2.05 bits per heavy atom. The predicted molar refractivity (Wildman–Crippen MR) is 88.9 cm³/mol. The topological polar surface area (TPSA) is 38.2 Å². The molecule has 1 aromatic heterocycles. The molecule has 116 valence electrons. The molecule has 1 saturated heterocycles. The van der Waals surface area contributed by atoms with E-state index in [1.807, 2.05) is 38.2 Å². The van der Waals surface area contributed by atoms with Gasteiger partial charge in [-0.2, -0.15) is 0 Å². The first-order chi connectivity index (χ1) is 10.5. The molecule has 0 unspecified atom stereocenters. The molecular weight excluding hydrogens is 321 g/mol. The van der Waals surface area contributed by atoms with Crippen LogP contribution in [-0.2, 0) is 4.74 Å². The molecule has 6 heteroatoms. The third kappa shape index (κ3) is 3.19. The third-order valence-corrected chi connectivity index (χ3v) is 4.49. The molecule has 3 rings (SSSR count). The summed E-state index contributed by atoms with van der Waals surface area (Å²) in [5.74, 6) is 1.75. The van der Waals surface area contributed by atoms with E-state index < -0.39 is 0 Å². The van der Waals surface area contributed by atoms with Gasteiger partial charge in [0.2, 0.25) is 0 Å². The number of aromatic nitrogens is 2. The Bertz CT molecular complexity index is 693. The van der Waals surface area contributed by atoms with Crippen LogP contribution in [0, 0.1) is 13.8 Å². The number of hydrogen-bond donors (Lipinski definition) is 0. The van der Waals surface area contributed by atoms with E-state index in [1.54, 1.807) is 0 Å².